The Hall–Kier alpha value is -0.840. The Morgan fingerprint density at radius 2 is 1.94 bits per heavy atom. The highest BCUT2D eigenvalue weighted by Gasteiger charge is 2.76. The molecule has 0 heterocycles. The number of ketones is 2. The van der Waals surface area contributed by atoms with E-state index >= 15 is 0 Å². The van der Waals surface area contributed by atoms with E-state index in [0.29, 0.717) is 12.8 Å². The van der Waals surface area contributed by atoms with Crippen LogP contribution in [0.2, 0.25) is 0 Å². The predicted octanol–water partition coefficient (Wildman–Crippen LogP) is 5.62. The molecule has 3 fully saturated rings. The fraction of sp³-hybridized carbons (Fsp3) is 0.720. The van der Waals surface area contributed by atoms with Crippen LogP contribution in [0, 0.1) is 28.6 Å². The molecular formula is C25H31Cl3O4. The van der Waals surface area contributed by atoms with Gasteiger partial charge in [-0.3, -0.25) is 14.4 Å². The first kappa shape index (κ1) is 24.3. The Morgan fingerprint density at radius 3 is 2.56 bits per heavy atom. The molecule has 0 saturated heterocycles. The number of alkyl halides is 3. The molecule has 0 amide bonds. The molecule has 0 aromatic heterocycles. The number of carbonyl (C=O) groups is 3. The molecule has 0 aromatic rings. The quantitative estimate of drug-likeness (QED) is 0.370. The molecule has 2 unspecified atom stereocenters. The Kier molecular flexibility index (Phi) is 5.96. The fourth-order valence-electron chi connectivity index (χ4n) is 7.68. The fourth-order valence-corrected chi connectivity index (χ4v) is 9.12. The molecule has 4 aliphatic rings. The molecule has 0 bridgehead atoms. The first-order chi connectivity index (χ1) is 14.9. The smallest absolute Gasteiger partial charge is 0.306 e. The van der Waals surface area contributed by atoms with Crippen molar-refractivity contribution >= 4 is 52.3 Å². The van der Waals surface area contributed by atoms with E-state index in [1.54, 1.807) is 19.1 Å². The van der Waals surface area contributed by atoms with E-state index in [0.717, 1.165) is 18.4 Å². The molecule has 4 nitrogen and oxygen atoms in total. The number of ether oxygens (including phenoxy) is 1. The number of halogens is 3. The number of allylic oxidation sites excluding steroid dienone is 4. The Morgan fingerprint density at radius 1 is 1.25 bits per heavy atom. The molecule has 0 spiro atoms. The van der Waals surface area contributed by atoms with Gasteiger partial charge in [-0.25, -0.2) is 0 Å². The van der Waals surface area contributed by atoms with Gasteiger partial charge in [0.2, 0.25) is 0 Å². The molecule has 176 valence electrons. The molecule has 0 aliphatic heterocycles. The molecule has 3 saturated carbocycles. The average molecular weight is 502 g/mol. The molecule has 4 rings (SSSR count). The second-order valence-corrected chi connectivity index (χ2v) is 11.9. The summed E-state index contributed by atoms with van der Waals surface area (Å²) < 4.78 is 6.05. The van der Waals surface area contributed by atoms with Gasteiger partial charge >= 0.3 is 5.97 Å². The van der Waals surface area contributed by atoms with Crippen LogP contribution in [-0.2, 0) is 19.1 Å². The van der Waals surface area contributed by atoms with Crippen LogP contribution in [0.5, 0.6) is 0 Å². The third-order valence-corrected chi connectivity index (χ3v) is 11.0. The van der Waals surface area contributed by atoms with Gasteiger partial charge in [0.15, 0.2) is 17.2 Å². The molecule has 0 aromatic carbocycles. The third kappa shape index (κ3) is 2.84. The van der Waals surface area contributed by atoms with Gasteiger partial charge in [0.05, 0.1) is 16.1 Å². The maximum absolute atomic E-state index is 13.4. The average Bonchev–Trinajstić information content (AvgIpc) is 2.96. The highest BCUT2D eigenvalue weighted by molar-refractivity contribution is 6.34. The SMILES string of the molecule is CCC(=O)O[C@]1(C(=O)CCl)C(C)C[C@H]2[C@@H]3CCC4=CC(=O)C=C[C@]4(C)[C@@]3(Cl)C(Cl)C[C@@]21C. The Bertz CT molecular complexity index is 928. The van der Waals surface area contributed by atoms with Gasteiger partial charge in [-0.1, -0.05) is 39.3 Å². The Balaban J connectivity index is 1.85. The standard InChI is InChI=1S/C25H31Cl3O4/c1-5-21(31)32-25(20(30)13-26)14(2)10-18-17-7-6-15-11-16(29)8-9-22(15,3)24(17,28)19(27)12-23(18,25)4/h8-9,11,14,17-19H,5-7,10,12-13H2,1-4H3/t14?,17-,18-,19?,22-,23-,24-,25-/m0/s1. The first-order valence-corrected chi connectivity index (χ1v) is 12.9. The molecule has 0 radical (unpaired) electrons. The molecule has 7 heteroatoms. The van der Waals surface area contributed by atoms with E-state index in [-0.39, 0.29) is 41.6 Å². The topological polar surface area (TPSA) is 60.4 Å². The van der Waals surface area contributed by atoms with Crippen LogP contribution in [0.4, 0.5) is 0 Å². The zero-order chi connectivity index (χ0) is 23.7. The van der Waals surface area contributed by atoms with E-state index in [4.69, 9.17) is 39.5 Å². The summed E-state index contributed by atoms with van der Waals surface area (Å²) in [5.41, 5.74) is -1.51. The summed E-state index contributed by atoms with van der Waals surface area (Å²) in [4.78, 5) is 37.2. The van der Waals surface area contributed by atoms with Gasteiger partial charge in [0, 0.05) is 23.2 Å². The maximum atomic E-state index is 13.4. The van der Waals surface area contributed by atoms with Crippen molar-refractivity contribution in [2.45, 2.75) is 75.7 Å². The van der Waals surface area contributed by atoms with Crippen LogP contribution in [0.15, 0.2) is 23.8 Å². The van der Waals surface area contributed by atoms with Crippen LogP contribution >= 0.6 is 34.8 Å². The number of fused-ring (bicyclic) bond motifs is 5. The van der Waals surface area contributed by atoms with Gasteiger partial charge < -0.3 is 4.74 Å². The van der Waals surface area contributed by atoms with Crippen molar-refractivity contribution in [2.24, 2.45) is 28.6 Å². The number of Topliss-reactive ketones (excluding diaryl/α,β-unsaturated/α-hetero) is 1. The lowest BCUT2D eigenvalue weighted by Gasteiger charge is -2.64. The summed E-state index contributed by atoms with van der Waals surface area (Å²) in [5.74, 6) is -1.06. The number of carbonyl (C=O) groups excluding carboxylic acids is 3. The van der Waals surface area contributed by atoms with Crippen molar-refractivity contribution in [3.8, 4) is 0 Å². The summed E-state index contributed by atoms with van der Waals surface area (Å²) in [5, 5.41) is -0.491. The summed E-state index contributed by atoms with van der Waals surface area (Å²) in [6.07, 6.45) is 8.06. The third-order valence-electron chi connectivity index (χ3n) is 9.24. The van der Waals surface area contributed by atoms with Crippen molar-refractivity contribution in [3.05, 3.63) is 23.8 Å². The van der Waals surface area contributed by atoms with Crippen LogP contribution in [0.25, 0.3) is 0 Å². The number of hydrogen-bond acceptors (Lipinski definition) is 4. The zero-order valence-corrected chi connectivity index (χ0v) is 21.3. The monoisotopic (exact) mass is 500 g/mol. The molecule has 32 heavy (non-hydrogen) atoms. The van der Waals surface area contributed by atoms with Gasteiger partial charge in [-0.05, 0) is 49.7 Å². The maximum Gasteiger partial charge on any atom is 0.306 e. The highest BCUT2D eigenvalue weighted by Crippen LogP contribution is 2.73. The normalized spacial score (nSPS) is 47.2. The van der Waals surface area contributed by atoms with Crippen molar-refractivity contribution in [2.75, 3.05) is 5.88 Å². The summed E-state index contributed by atoms with van der Waals surface area (Å²) in [6.45, 7) is 7.81. The minimum atomic E-state index is -1.31. The lowest BCUT2D eigenvalue weighted by molar-refractivity contribution is -0.192. The summed E-state index contributed by atoms with van der Waals surface area (Å²) >= 11 is 20.8. The minimum Gasteiger partial charge on any atom is -0.450 e. The van der Waals surface area contributed by atoms with Crippen LogP contribution < -0.4 is 0 Å². The second-order valence-electron chi connectivity index (χ2n) is 10.5. The lowest BCUT2D eigenvalue weighted by atomic mass is 9.46. The van der Waals surface area contributed by atoms with Gasteiger partial charge in [-0.2, -0.15) is 0 Å². The molecular weight excluding hydrogens is 471 g/mol. The number of hydrogen-bond donors (Lipinski definition) is 0. The Labute approximate surface area is 205 Å². The summed E-state index contributed by atoms with van der Waals surface area (Å²) in [6, 6.07) is 0. The van der Waals surface area contributed by atoms with E-state index < -0.39 is 32.7 Å². The van der Waals surface area contributed by atoms with Crippen LogP contribution in [0.3, 0.4) is 0 Å². The largest absolute Gasteiger partial charge is 0.450 e. The van der Waals surface area contributed by atoms with E-state index in [2.05, 4.69) is 6.92 Å². The van der Waals surface area contributed by atoms with Crippen molar-refractivity contribution in [3.63, 3.8) is 0 Å². The number of rotatable bonds is 4. The van der Waals surface area contributed by atoms with Crippen molar-refractivity contribution in [1.29, 1.82) is 0 Å². The van der Waals surface area contributed by atoms with Crippen LogP contribution in [-0.4, -0.2) is 39.3 Å². The predicted molar refractivity (Wildman–Crippen MR) is 126 cm³/mol. The lowest BCUT2D eigenvalue weighted by Crippen LogP contribution is -2.68. The van der Waals surface area contributed by atoms with Gasteiger partial charge in [0.25, 0.3) is 0 Å². The zero-order valence-electron chi connectivity index (χ0n) is 19.1. The summed E-state index contributed by atoms with van der Waals surface area (Å²) in [7, 11) is 0. The number of esters is 1. The minimum absolute atomic E-state index is 0.00167. The van der Waals surface area contributed by atoms with Gasteiger partial charge in [-0.15, -0.1) is 34.8 Å². The molecule has 8 atom stereocenters. The van der Waals surface area contributed by atoms with E-state index in [1.165, 1.54) is 0 Å². The van der Waals surface area contributed by atoms with E-state index in [1.807, 2.05) is 19.9 Å². The van der Waals surface area contributed by atoms with Crippen molar-refractivity contribution in [1.82, 2.24) is 0 Å². The molecule has 0 N–H and O–H groups in total. The van der Waals surface area contributed by atoms with Gasteiger partial charge in [0.1, 0.15) is 0 Å². The van der Waals surface area contributed by atoms with Crippen LogP contribution in [0.1, 0.15) is 59.8 Å². The van der Waals surface area contributed by atoms with E-state index in [9.17, 15) is 14.4 Å². The second kappa shape index (κ2) is 7.85. The molecule has 4 aliphatic carbocycles. The highest BCUT2D eigenvalue weighted by atomic mass is 35.5. The van der Waals surface area contributed by atoms with Crippen molar-refractivity contribution < 1.29 is 19.1 Å². The first-order valence-electron chi connectivity index (χ1n) is 11.5.